The summed E-state index contributed by atoms with van der Waals surface area (Å²) in [6, 6.07) is 8.00. The SMILES string of the molecule is CCc1cc(Cl)nc(-c2ccccc2[N+](=O)[O-])n1. The van der Waals surface area contributed by atoms with Gasteiger partial charge < -0.3 is 0 Å². The molecule has 1 aromatic carbocycles. The summed E-state index contributed by atoms with van der Waals surface area (Å²) in [5.41, 5.74) is 1.10. The van der Waals surface area contributed by atoms with Crippen molar-refractivity contribution in [1.82, 2.24) is 9.97 Å². The lowest BCUT2D eigenvalue weighted by Gasteiger charge is -2.04. The smallest absolute Gasteiger partial charge is 0.258 e. The third kappa shape index (κ3) is 2.46. The normalized spacial score (nSPS) is 10.3. The summed E-state index contributed by atoms with van der Waals surface area (Å²) in [6.07, 6.45) is 0.690. The number of halogens is 1. The van der Waals surface area contributed by atoms with Crippen LogP contribution in [0.1, 0.15) is 12.6 Å². The summed E-state index contributed by atoms with van der Waals surface area (Å²) in [5, 5.41) is 11.2. The Kier molecular flexibility index (Phi) is 3.53. The van der Waals surface area contributed by atoms with E-state index in [1.807, 2.05) is 6.92 Å². The van der Waals surface area contributed by atoms with Gasteiger partial charge in [-0.15, -0.1) is 0 Å². The van der Waals surface area contributed by atoms with E-state index in [1.54, 1.807) is 24.3 Å². The molecule has 2 rings (SSSR count). The van der Waals surface area contributed by atoms with E-state index in [0.717, 1.165) is 5.69 Å². The van der Waals surface area contributed by atoms with Crippen LogP contribution in [-0.2, 0) is 6.42 Å². The zero-order chi connectivity index (χ0) is 13.1. The lowest BCUT2D eigenvalue weighted by molar-refractivity contribution is -0.384. The van der Waals surface area contributed by atoms with Crippen molar-refractivity contribution in [3.63, 3.8) is 0 Å². The van der Waals surface area contributed by atoms with Gasteiger partial charge in [-0.05, 0) is 18.6 Å². The number of hydrogen-bond acceptors (Lipinski definition) is 4. The maximum absolute atomic E-state index is 11.0. The van der Waals surface area contributed by atoms with Crippen LogP contribution >= 0.6 is 11.6 Å². The summed E-state index contributed by atoms with van der Waals surface area (Å²) >= 11 is 5.89. The second-order valence-electron chi connectivity index (χ2n) is 3.63. The predicted octanol–water partition coefficient (Wildman–Crippen LogP) is 3.27. The molecule has 92 valence electrons. The van der Waals surface area contributed by atoms with Crippen molar-refractivity contribution >= 4 is 17.3 Å². The van der Waals surface area contributed by atoms with Crippen LogP contribution in [0.4, 0.5) is 5.69 Å². The third-order valence-electron chi connectivity index (χ3n) is 2.45. The highest BCUT2D eigenvalue weighted by atomic mass is 35.5. The van der Waals surface area contributed by atoms with Gasteiger partial charge in [0.25, 0.3) is 5.69 Å². The van der Waals surface area contributed by atoms with Crippen LogP contribution in [0, 0.1) is 10.1 Å². The number of aromatic nitrogens is 2. The highest BCUT2D eigenvalue weighted by molar-refractivity contribution is 6.29. The Morgan fingerprint density at radius 1 is 1.33 bits per heavy atom. The molecule has 0 saturated heterocycles. The average molecular weight is 264 g/mol. The lowest BCUT2D eigenvalue weighted by atomic mass is 10.1. The minimum Gasteiger partial charge on any atom is -0.258 e. The van der Waals surface area contributed by atoms with Crippen LogP contribution in [-0.4, -0.2) is 14.9 Å². The predicted molar refractivity (Wildman–Crippen MR) is 68.5 cm³/mol. The molecule has 0 amide bonds. The van der Waals surface area contributed by atoms with Crippen LogP contribution in [0.15, 0.2) is 30.3 Å². The standard InChI is InChI=1S/C12H10ClN3O2/c1-2-8-7-11(13)15-12(14-8)9-5-3-4-6-10(9)16(17)18/h3-7H,2H2,1H3. The van der Waals surface area contributed by atoms with Gasteiger partial charge in [0.2, 0.25) is 0 Å². The molecule has 0 spiro atoms. The highest BCUT2D eigenvalue weighted by Gasteiger charge is 2.17. The number of rotatable bonds is 3. The number of nitrogens with zero attached hydrogens (tertiary/aromatic N) is 3. The molecular weight excluding hydrogens is 254 g/mol. The topological polar surface area (TPSA) is 68.9 Å². The number of aryl methyl sites for hydroxylation is 1. The van der Waals surface area contributed by atoms with Crippen LogP contribution in [0.5, 0.6) is 0 Å². The minimum absolute atomic E-state index is 0.0261. The van der Waals surface area contributed by atoms with Gasteiger partial charge in [0.15, 0.2) is 5.82 Å². The molecule has 1 aromatic heterocycles. The van der Waals surface area contributed by atoms with E-state index in [0.29, 0.717) is 12.0 Å². The Balaban J connectivity index is 2.61. The number of benzene rings is 1. The first-order chi connectivity index (χ1) is 8.61. The van der Waals surface area contributed by atoms with Crippen molar-refractivity contribution in [3.8, 4) is 11.4 Å². The molecule has 0 aliphatic heterocycles. The molecule has 0 aliphatic carbocycles. The summed E-state index contributed by atoms with van der Waals surface area (Å²) < 4.78 is 0. The fourth-order valence-corrected chi connectivity index (χ4v) is 1.79. The lowest BCUT2D eigenvalue weighted by Crippen LogP contribution is -1.98. The Morgan fingerprint density at radius 2 is 2.06 bits per heavy atom. The first-order valence-electron chi connectivity index (χ1n) is 5.39. The molecule has 0 radical (unpaired) electrons. The van der Waals surface area contributed by atoms with E-state index in [-0.39, 0.29) is 16.7 Å². The van der Waals surface area contributed by atoms with E-state index in [1.165, 1.54) is 6.07 Å². The van der Waals surface area contributed by atoms with Gasteiger partial charge >= 0.3 is 0 Å². The van der Waals surface area contributed by atoms with Gasteiger partial charge in [-0.2, -0.15) is 0 Å². The molecule has 0 fully saturated rings. The minimum atomic E-state index is -0.453. The summed E-state index contributed by atoms with van der Waals surface area (Å²) in [6.45, 7) is 1.93. The van der Waals surface area contributed by atoms with Gasteiger partial charge in [0.05, 0.1) is 10.5 Å². The van der Waals surface area contributed by atoms with E-state index in [2.05, 4.69) is 9.97 Å². The van der Waals surface area contributed by atoms with Crippen molar-refractivity contribution < 1.29 is 4.92 Å². The highest BCUT2D eigenvalue weighted by Crippen LogP contribution is 2.27. The van der Waals surface area contributed by atoms with Gasteiger partial charge in [0.1, 0.15) is 5.15 Å². The van der Waals surface area contributed by atoms with Crippen LogP contribution < -0.4 is 0 Å². The zero-order valence-corrected chi connectivity index (χ0v) is 10.4. The molecule has 5 nitrogen and oxygen atoms in total. The molecule has 2 aromatic rings. The van der Waals surface area contributed by atoms with Crippen LogP contribution in [0.3, 0.4) is 0 Å². The maximum atomic E-state index is 11.0. The molecule has 6 heteroatoms. The van der Waals surface area contributed by atoms with E-state index in [4.69, 9.17) is 11.6 Å². The molecule has 0 N–H and O–H groups in total. The number of nitro benzene ring substituents is 1. The monoisotopic (exact) mass is 263 g/mol. The first-order valence-corrected chi connectivity index (χ1v) is 5.77. The summed E-state index contributed by atoms with van der Waals surface area (Å²) in [5.74, 6) is 0.284. The summed E-state index contributed by atoms with van der Waals surface area (Å²) in [4.78, 5) is 18.8. The zero-order valence-electron chi connectivity index (χ0n) is 9.63. The molecule has 18 heavy (non-hydrogen) atoms. The Hall–Kier alpha value is -2.01. The van der Waals surface area contributed by atoms with Gasteiger partial charge in [-0.1, -0.05) is 30.7 Å². The third-order valence-corrected chi connectivity index (χ3v) is 2.65. The van der Waals surface area contributed by atoms with Crippen LogP contribution in [0.25, 0.3) is 11.4 Å². The van der Waals surface area contributed by atoms with Crippen LogP contribution in [0.2, 0.25) is 5.15 Å². The molecule has 0 bridgehead atoms. The largest absolute Gasteiger partial charge is 0.280 e. The quantitative estimate of drug-likeness (QED) is 0.484. The van der Waals surface area contributed by atoms with Gasteiger partial charge in [-0.3, -0.25) is 10.1 Å². The van der Waals surface area contributed by atoms with E-state index < -0.39 is 4.92 Å². The average Bonchev–Trinajstić information content (AvgIpc) is 2.38. The Bertz CT molecular complexity index is 602. The number of nitro groups is 1. The fraction of sp³-hybridized carbons (Fsp3) is 0.167. The van der Waals surface area contributed by atoms with E-state index >= 15 is 0 Å². The molecule has 0 aliphatic rings. The second kappa shape index (κ2) is 5.10. The Labute approximate surface area is 109 Å². The van der Waals surface area contributed by atoms with Gasteiger partial charge in [0, 0.05) is 11.8 Å². The molecule has 0 atom stereocenters. The molecule has 0 saturated carbocycles. The molecule has 1 heterocycles. The van der Waals surface area contributed by atoms with Crippen molar-refractivity contribution in [2.24, 2.45) is 0 Å². The van der Waals surface area contributed by atoms with Crippen molar-refractivity contribution in [2.75, 3.05) is 0 Å². The molecular formula is C12H10ClN3O2. The van der Waals surface area contributed by atoms with E-state index in [9.17, 15) is 10.1 Å². The summed E-state index contributed by atoms with van der Waals surface area (Å²) in [7, 11) is 0. The van der Waals surface area contributed by atoms with Crippen molar-refractivity contribution in [2.45, 2.75) is 13.3 Å². The number of para-hydroxylation sites is 1. The number of hydrogen-bond donors (Lipinski definition) is 0. The molecule has 0 unspecified atom stereocenters. The fourth-order valence-electron chi connectivity index (χ4n) is 1.59. The van der Waals surface area contributed by atoms with Crippen molar-refractivity contribution in [1.29, 1.82) is 0 Å². The maximum Gasteiger partial charge on any atom is 0.280 e. The Morgan fingerprint density at radius 3 is 2.72 bits per heavy atom. The van der Waals surface area contributed by atoms with Gasteiger partial charge in [-0.25, -0.2) is 9.97 Å². The van der Waals surface area contributed by atoms with Crippen molar-refractivity contribution in [3.05, 3.63) is 51.3 Å². The first kappa shape index (κ1) is 12.4. The second-order valence-corrected chi connectivity index (χ2v) is 4.02.